The van der Waals surface area contributed by atoms with E-state index in [-0.39, 0.29) is 5.56 Å². The number of benzene rings is 2. The van der Waals surface area contributed by atoms with E-state index in [1.54, 1.807) is 12.1 Å². The summed E-state index contributed by atoms with van der Waals surface area (Å²) in [6, 6.07) is 12.6. The zero-order chi connectivity index (χ0) is 14.1. The quantitative estimate of drug-likeness (QED) is 0.765. The minimum absolute atomic E-state index is 0.132. The fourth-order valence-electron chi connectivity index (χ4n) is 2.10. The van der Waals surface area contributed by atoms with Crippen molar-refractivity contribution in [2.75, 3.05) is 7.11 Å². The van der Waals surface area contributed by atoms with Gasteiger partial charge in [0.25, 0.3) is 0 Å². The minimum Gasteiger partial charge on any atom is -0.496 e. The monoisotopic (exact) mass is 268 g/mol. The summed E-state index contributed by atoms with van der Waals surface area (Å²) >= 11 is 0. The van der Waals surface area contributed by atoms with Crippen LogP contribution in [0.4, 0.5) is 0 Å². The van der Waals surface area contributed by atoms with Crippen molar-refractivity contribution >= 4 is 17.0 Å². The molecule has 0 aliphatic carbocycles. The number of nitrogens with one attached hydrogen (secondary N) is 1. The Kier molecular flexibility index (Phi) is 2.87. The number of aromatic carboxylic acids is 1. The Morgan fingerprint density at radius 3 is 2.75 bits per heavy atom. The van der Waals surface area contributed by atoms with Crippen molar-refractivity contribution in [3.8, 4) is 17.1 Å². The van der Waals surface area contributed by atoms with Crippen LogP contribution in [0, 0.1) is 0 Å². The summed E-state index contributed by atoms with van der Waals surface area (Å²) in [5, 5.41) is 9.07. The van der Waals surface area contributed by atoms with Crippen molar-refractivity contribution in [3.63, 3.8) is 0 Å². The van der Waals surface area contributed by atoms with E-state index in [9.17, 15) is 4.79 Å². The molecule has 0 aliphatic rings. The van der Waals surface area contributed by atoms with Crippen LogP contribution < -0.4 is 4.74 Å². The third-order valence-corrected chi connectivity index (χ3v) is 3.09. The van der Waals surface area contributed by atoms with Gasteiger partial charge < -0.3 is 14.8 Å². The van der Waals surface area contributed by atoms with Gasteiger partial charge in [-0.25, -0.2) is 9.78 Å². The topological polar surface area (TPSA) is 75.2 Å². The van der Waals surface area contributed by atoms with E-state index in [1.165, 1.54) is 13.2 Å². The molecule has 5 nitrogen and oxygen atoms in total. The number of rotatable bonds is 3. The van der Waals surface area contributed by atoms with Gasteiger partial charge in [-0.2, -0.15) is 0 Å². The molecule has 100 valence electrons. The molecule has 0 fully saturated rings. The average Bonchev–Trinajstić information content (AvgIpc) is 2.90. The number of ether oxygens (including phenoxy) is 1. The Bertz CT molecular complexity index is 760. The molecule has 5 heteroatoms. The van der Waals surface area contributed by atoms with Crippen LogP contribution in [-0.2, 0) is 0 Å². The van der Waals surface area contributed by atoms with Gasteiger partial charge in [-0.15, -0.1) is 0 Å². The number of carboxylic acid groups (broad SMARTS) is 1. The molecule has 0 radical (unpaired) electrons. The number of imidazole rings is 1. The highest BCUT2D eigenvalue weighted by Crippen LogP contribution is 2.27. The molecule has 20 heavy (non-hydrogen) atoms. The third-order valence-electron chi connectivity index (χ3n) is 3.09. The largest absolute Gasteiger partial charge is 0.496 e. The van der Waals surface area contributed by atoms with E-state index in [0.29, 0.717) is 11.6 Å². The van der Waals surface area contributed by atoms with Gasteiger partial charge in [-0.3, -0.25) is 0 Å². The summed E-state index contributed by atoms with van der Waals surface area (Å²) in [6.45, 7) is 0. The number of aromatic amines is 1. The Balaban J connectivity index is 2.12. The van der Waals surface area contributed by atoms with E-state index >= 15 is 0 Å². The first-order valence-corrected chi connectivity index (χ1v) is 6.05. The fraction of sp³-hybridized carbons (Fsp3) is 0.0667. The second-order valence-electron chi connectivity index (χ2n) is 4.32. The van der Waals surface area contributed by atoms with Crippen LogP contribution in [0.2, 0.25) is 0 Å². The second-order valence-corrected chi connectivity index (χ2v) is 4.32. The van der Waals surface area contributed by atoms with Gasteiger partial charge in [0, 0.05) is 5.56 Å². The lowest BCUT2D eigenvalue weighted by Crippen LogP contribution is -2.00. The molecule has 3 aromatic rings. The summed E-state index contributed by atoms with van der Waals surface area (Å²) < 4.78 is 5.12. The van der Waals surface area contributed by atoms with Crippen molar-refractivity contribution in [3.05, 3.63) is 48.0 Å². The molecular formula is C15H12N2O3. The predicted molar refractivity (Wildman–Crippen MR) is 75.0 cm³/mol. The molecule has 0 spiro atoms. The number of methoxy groups -OCH3 is 1. The number of carboxylic acids is 1. The minimum atomic E-state index is -1.02. The first-order valence-electron chi connectivity index (χ1n) is 6.05. The summed E-state index contributed by atoms with van der Waals surface area (Å²) in [5.74, 6) is -0.0186. The molecule has 2 aromatic carbocycles. The number of aromatic nitrogens is 2. The maximum Gasteiger partial charge on any atom is 0.339 e. The molecule has 2 N–H and O–H groups in total. The van der Waals surface area contributed by atoms with Crippen LogP contribution in [-0.4, -0.2) is 28.2 Å². The summed E-state index contributed by atoms with van der Waals surface area (Å²) in [4.78, 5) is 18.7. The number of H-pyrrole nitrogens is 1. The number of fused-ring (bicyclic) bond motifs is 1. The number of para-hydroxylation sites is 2. The van der Waals surface area contributed by atoms with Gasteiger partial charge >= 0.3 is 5.97 Å². The van der Waals surface area contributed by atoms with E-state index < -0.39 is 5.97 Å². The summed E-state index contributed by atoms with van der Waals surface area (Å²) in [7, 11) is 1.45. The van der Waals surface area contributed by atoms with Crippen LogP contribution in [0.1, 0.15) is 10.4 Å². The number of carbonyl (C=O) groups is 1. The molecular weight excluding hydrogens is 256 g/mol. The lowest BCUT2D eigenvalue weighted by Gasteiger charge is -2.06. The molecule has 0 saturated carbocycles. The van der Waals surface area contributed by atoms with Crippen LogP contribution in [0.3, 0.4) is 0 Å². The highest BCUT2D eigenvalue weighted by molar-refractivity contribution is 5.92. The Hall–Kier alpha value is -2.82. The Morgan fingerprint density at radius 1 is 1.25 bits per heavy atom. The van der Waals surface area contributed by atoms with E-state index in [4.69, 9.17) is 9.84 Å². The molecule has 3 rings (SSSR count). The summed E-state index contributed by atoms with van der Waals surface area (Å²) in [5.41, 5.74) is 2.71. The number of nitrogens with zero attached hydrogens (tertiary/aromatic N) is 1. The lowest BCUT2D eigenvalue weighted by molar-refractivity contribution is 0.0693. The fourth-order valence-corrected chi connectivity index (χ4v) is 2.10. The van der Waals surface area contributed by atoms with Crippen molar-refractivity contribution in [2.45, 2.75) is 0 Å². The number of hydrogen-bond donors (Lipinski definition) is 2. The van der Waals surface area contributed by atoms with Gasteiger partial charge in [0.05, 0.1) is 18.1 Å². The highest BCUT2D eigenvalue weighted by atomic mass is 16.5. The summed E-state index contributed by atoms with van der Waals surface area (Å²) in [6.07, 6.45) is 0. The van der Waals surface area contributed by atoms with Gasteiger partial charge in [-0.05, 0) is 24.3 Å². The highest BCUT2D eigenvalue weighted by Gasteiger charge is 2.13. The van der Waals surface area contributed by atoms with Gasteiger partial charge in [0.2, 0.25) is 0 Å². The molecule has 1 aromatic heterocycles. The van der Waals surface area contributed by atoms with E-state index in [1.807, 2.05) is 24.3 Å². The van der Waals surface area contributed by atoms with Crippen molar-refractivity contribution in [1.29, 1.82) is 0 Å². The molecule has 1 heterocycles. The number of hydrogen-bond acceptors (Lipinski definition) is 3. The first kappa shape index (κ1) is 12.2. The predicted octanol–water partition coefficient (Wildman–Crippen LogP) is 2.94. The van der Waals surface area contributed by atoms with Gasteiger partial charge in [0.1, 0.15) is 17.1 Å². The maximum atomic E-state index is 11.1. The zero-order valence-corrected chi connectivity index (χ0v) is 10.8. The van der Waals surface area contributed by atoms with Crippen LogP contribution in [0.25, 0.3) is 22.4 Å². The Labute approximate surface area is 114 Å². The molecule has 0 aliphatic heterocycles. The molecule has 0 unspecified atom stereocenters. The van der Waals surface area contributed by atoms with E-state index in [0.717, 1.165) is 16.6 Å². The molecule has 0 amide bonds. The second kappa shape index (κ2) is 4.70. The maximum absolute atomic E-state index is 11.1. The zero-order valence-electron chi connectivity index (χ0n) is 10.8. The molecule has 0 atom stereocenters. The van der Waals surface area contributed by atoms with Gasteiger partial charge in [0.15, 0.2) is 0 Å². The molecule has 0 bridgehead atoms. The standard InChI is InChI=1S/C15H12N2O3/c1-20-13-8-9(6-7-10(13)15(18)19)14-16-11-4-2-3-5-12(11)17-14/h2-8H,1H3,(H,16,17)(H,18,19). The SMILES string of the molecule is COc1cc(-c2nc3ccccc3[nH]2)ccc1C(=O)O. The normalized spacial score (nSPS) is 10.7. The van der Waals surface area contributed by atoms with Crippen LogP contribution in [0.5, 0.6) is 5.75 Å². The Morgan fingerprint density at radius 2 is 2.05 bits per heavy atom. The van der Waals surface area contributed by atoms with Gasteiger partial charge in [-0.1, -0.05) is 18.2 Å². The molecule has 0 saturated heterocycles. The van der Waals surface area contributed by atoms with Crippen molar-refractivity contribution in [2.24, 2.45) is 0 Å². The van der Waals surface area contributed by atoms with Crippen molar-refractivity contribution in [1.82, 2.24) is 9.97 Å². The average molecular weight is 268 g/mol. The van der Waals surface area contributed by atoms with E-state index in [2.05, 4.69) is 9.97 Å². The smallest absolute Gasteiger partial charge is 0.339 e. The van der Waals surface area contributed by atoms with Crippen LogP contribution >= 0.6 is 0 Å². The lowest BCUT2D eigenvalue weighted by atomic mass is 10.1. The van der Waals surface area contributed by atoms with Crippen molar-refractivity contribution < 1.29 is 14.6 Å². The first-order chi connectivity index (χ1) is 9.69. The third kappa shape index (κ3) is 1.99. The van der Waals surface area contributed by atoms with Crippen LogP contribution in [0.15, 0.2) is 42.5 Å².